The molecule has 1 aliphatic carbocycles. The molecule has 1 saturated carbocycles. The highest BCUT2D eigenvalue weighted by molar-refractivity contribution is 5.18. The molecule has 0 aromatic carbocycles. The normalized spacial score (nSPS) is 18.5. The number of nitrogens with zero attached hydrogens (tertiary/aromatic N) is 2. The first kappa shape index (κ1) is 12.4. The summed E-state index contributed by atoms with van der Waals surface area (Å²) in [6.07, 6.45) is 6.55. The molecule has 0 atom stereocenters. The van der Waals surface area contributed by atoms with Gasteiger partial charge in [-0.05, 0) is 31.7 Å². The highest BCUT2D eigenvalue weighted by atomic mass is 16.4. The van der Waals surface area contributed by atoms with Crippen molar-refractivity contribution in [1.29, 1.82) is 0 Å². The Bertz CT molecular complexity index is 344. The summed E-state index contributed by atoms with van der Waals surface area (Å²) in [6, 6.07) is 0.551. The monoisotopic (exact) mass is 238 g/mol. The van der Waals surface area contributed by atoms with E-state index in [0.29, 0.717) is 23.9 Å². The minimum absolute atomic E-state index is 0.442. The van der Waals surface area contributed by atoms with Crippen molar-refractivity contribution in [3.8, 4) is 0 Å². The van der Waals surface area contributed by atoms with Crippen LogP contribution in [0.3, 0.4) is 0 Å². The van der Waals surface area contributed by atoms with Crippen LogP contribution < -0.4 is 10.6 Å². The minimum Gasteiger partial charge on any atom is -0.407 e. The smallest absolute Gasteiger partial charge is 0.315 e. The van der Waals surface area contributed by atoms with E-state index in [4.69, 9.17) is 4.42 Å². The van der Waals surface area contributed by atoms with Crippen LogP contribution in [0.4, 0.5) is 6.01 Å². The molecule has 17 heavy (non-hydrogen) atoms. The zero-order valence-electron chi connectivity index (χ0n) is 10.8. The van der Waals surface area contributed by atoms with E-state index in [-0.39, 0.29) is 0 Å². The maximum Gasteiger partial charge on any atom is 0.315 e. The van der Waals surface area contributed by atoms with E-state index in [1.165, 1.54) is 32.1 Å². The molecule has 96 valence electrons. The van der Waals surface area contributed by atoms with Gasteiger partial charge in [0.15, 0.2) is 0 Å². The molecule has 0 amide bonds. The van der Waals surface area contributed by atoms with E-state index >= 15 is 0 Å². The summed E-state index contributed by atoms with van der Waals surface area (Å²) >= 11 is 0. The largest absolute Gasteiger partial charge is 0.407 e. The maximum atomic E-state index is 5.48. The van der Waals surface area contributed by atoms with E-state index in [2.05, 4.69) is 27.8 Å². The molecule has 0 radical (unpaired) electrons. The highest BCUT2D eigenvalue weighted by Crippen LogP contribution is 2.40. The SMILES string of the molecule is CCC1(CNc2nnc(CNC)o2)CCCC1. The summed E-state index contributed by atoms with van der Waals surface area (Å²) in [7, 11) is 1.86. The molecule has 1 aromatic rings. The zero-order valence-corrected chi connectivity index (χ0v) is 10.8. The topological polar surface area (TPSA) is 63.0 Å². The Hall–Kier alpha value is -1.10. The van der Waals surface area contributed by atoms with Gasteiger partial charge in [0.2, 0.25) is 5.89 Å². The Morgan fingerprint density at radius 2 is 2.06 bits per heavy atom. The van der Waals surface area contributed by atoms with E-state index < -0.39 is 0 Å². The van der Waals surface area contributed by atoms with Crippen molar-refractivity contribution in [1.82, 2.24) is 15.5 Å². The van der Waals surface area contributed by atoms with Gasteiger partial charge in [-0.1, -0.05) is 24.9 Å². The van der Waals surface area contributed by atoms with Gasteiger partial charge in [-0.25, -0.2) is 0 Å². The van der Waals surface area contributed by atoms with Gasteiger partial charge < -0.3 is 15.1 Å². The summed E-state index contributed by atoms with van der Waals surface area (Å²) in [5, 5.41) is 14.2. The fourth-order valence-electron chi connectivity index (χ4n) is 2.59. The summed E-state index contributed by atoms with van der Waals surface area (Å²) in [4.78, 5) is 0. The van der Waals surface area contributed by atoms with Crippen molar-refractivity contribution < 1.29 is 4.42 Å². The Morgan fingerprint density at radius 3 is 2.71 bits per heavy atom. The number of hydrogen-bond acceptors (Lipinski definition) is 5. The predicted octanol–water partition coefficient (Wildman–Crippen LogP) is 2.17. The van der Waals surface area contributed by atoms with Crippen molar-refractivity contribution >= 4 is 6.01 Å². The van der Waals surface area contributed by atoms with Crippen LogP contribution in [0.1, 0.15) is 44.9 Å². The highest BCUT2D eigenvalue weighted by Gasteiger charge is 2.32. The molecule has 0 bridgehead atoms. The fourth-order valence-corrected chi connectivity index (χ4v) is 2.59. The van der Waals surface area contributed by atoms with Crippen LogP contribution in [0.25, 0.3) is 0 Å². The quantitative estimate of drug-likeness (QED) is 0.795. The van der Waals surface area contributed by atoms with Crippen LogP contribution in [-0.4, -0.2) is 23.8 Å². The lowest BCUT2D eigenvalue weighted by atomic mass is 9.83. The first-order valence-electron chi connectivity index (χ1n) is 6.49. The standard InChI is InChI=1S/C12H22N4O/c1-3-12(6-4-5-7-12)9-14-11-16-15-10(17-11)8-13-2/h13H,3-9H2,1-2H3,(H,14,16). The summed E-state index contributed by atoms with van der Waals surface area (Å²) < 4.78 is 5.48. The molecule has 0 aliphatic heterocycles. The van der Waals surface area contributed by atoms with Crippen LogP contribution in [0.2, 0.25) is 0 Å². The second kappa shape index (κ2) is 5.49. The number of hydrogen-bond donors (Lipinski definition) is 2. The molecular weight excluding hydrogens is 216 g/mol. The summed E-state index contributed by atoms with van der Waals surface area (Å²) in [5.41, 5.74) is 0.442. The number of rotatable bonds is 6. The lowest BCUT2D eigenvalue weighted by Gasteiger charge is -2.26. The number of aromatic nitrogens is 2. The van der Waals surface area contributed by atoms with E-state index in [9.17, 15) is 0 Å². The molecule has 0 spiro atoms. The zero-order chi connectivity index (χ0) is 12.1. The fraction of sp³-hybridized carbons (Fsp3) is 0.833. The molecule has 5 nitrogen and oxygen atoms in total. The third-order valence-electron chi connectivity index (χ3n) is 3.82. The molecule has 2 N–H and O–H groups in total. The molecular formula is C12H22N4O. The molecule has 0 unspecified atom stereocenters. The van der Waals surface area contributed by atoms with Gasteiger partial charge in [0.25, 0.3) is 0 Å². The van der Waals surface area contributed by atoms with Crippen molar-refractivity contribution in [2.24, 2.45) is 5.41 Å². The molecule has 1 fully saturated rings. The lowest BCUT2D eigenvalue weighted by Crippen LogP contribution is -2.25. The Labute approximate surface area is 102 Å². The van der Waals surface area contributed by atoms with Crippen molar-refractivity contribution in [3.05, 3.63) is 5.89 Å². The van der Waals surface area contributed by atoms with Crippen molar-refractivity contribution in [3.63, 3.8) is 0 Å². The van der Waals surface area contributed by atoms with Gasteiger partial charge in [-0.3, -0.25) is 0 Å². The average molecular weight is 238 g/mol. The van der Waals surface area contributed by atoms with Crippen LogP contribution in [-0.2, 0) is 6.54 Å². The number of nitrogens with one attached hydrogen (secondary N) is 2. The van der Waals surface area contributed by atoms with Gasteiger partial charge in [0, 0.05) is 6.54 Å². The lowest BCUT2D eigenvalue weighted by molar-refractivity contribution is 0.303. The second-order valence-corrected chi connectivity index (χ2v) is 4.95. The van der Waals surface area contributed by atoms with Crippen LogP contribution in [0, 0.1) is 5.41 Å². The van der Waals surface area contributed by atoms with Gasteiger partial charge in [0.05, 0.1) is 6.54 Å². The van der Waals surface area contributed by atoms with Gasteiger partial charge in [-0.2, -0.15) is 0 Å². The van der Waals surface area contributed by atoms with Crippen LogP contribution >= 0.6 is 0 Å². The average Bonchev–Trinajstić information content (AvgIpc) is 2.96. The summed E-state index contributed by atoms with van der Waals surface area (Å²) in [6.45, 7) is 3.84. The van der Waals surface area contributed by atoms with Crippen molar-refractivity contribution in [2.45, 2.75) is 45.6 Å². The van der Waals surface area contributed by atoms with Crippen LogP contribution in [0.15, 0.2) is 4.42 Å². The van der Waals surface area contributed by atoms with Crippen LogP contribution in [0.5, 0.6) is 0 Å². The molecule has 1 aromatic heterocycles. The van der Waals surface area contributed by atoms with Gasteiger partial charge >= 0.3 is 6.01 Å². The third-order valence-corrected chi connectivity index (χ3v) is 3.82. The third kappa shape index (κ3) is 2.97. The van der Waals surface area contributed by atoms with E-state index in [1.54, 1.807) is 0 Å². The Kier molecular flexibility index (Phi) is 3.99. The van der Waals surface area contributed by atoms with E-state index in [0.717, 1.165) is 6.54 Å². The first-order valence-corrected chi connectivity index (χ1v) is 6.49. The van der Waals surface area contributed by atoms with Crippen molar-refractivity contribution in [2.75, 3.05) is 18.9 Å². The molecule has 1 heterocycles. The Morgan fingerprint density at radius 1 is 1.29 bits per heavy atom. The molecule has 5 heteroatoms. The van der Waals surface area contributed by atoms with Gasteiger partial charge in [-0.15, -0.1) is 5.10 Å². The second-order valence-electron chi connectivity index (χ2n) is 4.95. The molecule has 0 saturated heterocycles. The minimum atomic E-state index is 0.442. The Balaban J connectivity index is 1.87. The molecule has 1 aliphatic rings. The first-order chi connectivity index (χ1) is 8.28. The predicted molar refractivity (Wildman–Crippen MR) is 66.7 cm³/mol. The maximum absolute atomic E-state index is 5.48. The van der Waals surface area contributed by atoms with Gasteiger partial charge in [0.1, 0.15) is 0 Å². The van der Waals surface area contributed by atoms with E-state index in [1.807, 2.05) is 7.05 Å². The number of anilines is 1. The molecule has 2 rings (SSSR count). The summed E-state index contributed by atoms with van der Waals surface area (Å²) in [5.74, 6) is 0.631.